The van der Waals surface area contributed by atoms with E-state index in [1.807, 2.05) is 26.0 Å². The first-order valence-electron chi connectivity index (χ1n) is 8.89. The summed E-state index contributed by atoms with van der Waals surface area (Å²) in [5.74, 6) is 2.26. The quantitative estimate of drug-likeness (QED) is 0.753. The molecular formula is C18H22N6O2. The molecule has 136 valence electrons. The third kappa shape index (κ3) is 2.91. The molecule has 3 heterocycles. The van der Waals surface area contributed by atoms with Crippen LogP contribution in [0.1, 0.15) is 44.8 Å². The second-order valence-corrected chi connectivity index (χ2v) is 6.53. The van der Waals surface area contributed by atoms with Crippen molar-refractivity contribution < 1.29 is 9.47 Å². The number of benzene rings is 1. The molecular weight excluding hydrogens is 332 g/mol. The third-order valence-corrected chi connectivity index (χ3v) is 4.44. The van der Waals surface area contributed by atoms with Gasteiger partial charge in [-0.05, 0) is 38.0 Å². The molecule has 0 amide bonds. The Labute approximate surface area is 151 Å². The summed E-state index contributed by atoms with van der Waals surface area (Å²) in [7, 11) is 0. The molecule has 0 saturated heterocycles. The maximum absolute atomic E-state index is 5.70. The summed E-state index contributed by atoms with van der Waals surface area (Å²) in [6.07, 6.45) is 2.42. The molecule has 1 aromatic carbocycles. The van der Waals surface area contributed by atoms with Gasteiger partial charge in [-0.3, -0.25) is 0 Å². The summed E-state index contributed by atoms with van der Waals surface area (Å²) in [5.41, 5.74) is 2.52. The topological polar surface area (TPSA) is 87.0 Å². The van der Waals surface area contributed by atoms with Gasteiger partial charge in [0.1, 0.15) is 19.5 Å². The first kappa shape index (κ1) is 16.6. The lowest BCUT2D eigenvalue weighted by atomic mass is 10.0. The third-order valence-electron chi connectivity index (χ3n) is 4.44. The van der Waals surface area contributed by atoms with E-state index in [2.05, 4.69) is 38.6 Å². The van der Waals surface area contributed by atoms with E-state index >= 15 is 0 Å². The van der Waals surface area contributed by atoms with Crippen molar-refractivity contribution in [1.82, 2.24) is 25.0 Å². The van der Waals surface area contributed by atoms with Crippen LogP contribution in [0.15, 0.2) is 24.5 Å². The number of ether oxygens (including phenoxy) is 2. The van der Waals surface area contributed by atoms with Gasteiger partial charge in [0.25, 0.3) is 0 Å². The maximum Gasteiger partial charge on any atom is 0.184 e. The zero-order valence-electron chi connectivity index (χ0n) is 15.1. The van der Waals surface area contributed by atoms with E-state index in [4.69, 9.17) is 9.47 Å². The Morgan fingerprint density at radius 3 is 2.73 bits per heavy atom. The maximum atomic E-state index is 5.70. The highest BCUT2D eigenvalue weighted by atomic mass is 16.6. The molecule has 0 bridgehead atoms. The summed E-state index contributed by atoms with van der Waals surface area (Å²) in [6, 6.07) is 6.28. The predicted molar refractivity (Wildman–Crippen MR) is 97.6 cm³/mol. The first-order valence-corrected chi connectivity index (χ1v) is 8.89. The molecule has 1 N–H and O–H groups in total. The van der Waals surface area contributed by atoms with Gasteiger partial charge < -0.3 is 14.8 Å². The normalized spacial score (nSPS) is 14.6. The first-order chi connectivity index (χ1) is 12.7. The van der Waals surface area contributed by atoms with Crippen molar-refractivity contribution in [3.8, 4) is 11.5 Å². The molecule has 3 aromatic rings. The van der Waals surface area contributed by atoms with Crippen LogP contribution in [0.4, 0.5) is 5.82 Å². The van der Waals surface area contributed by atoms with Crippen LogP contribution in [-0.4, -0.2) is 38.2 Å². The van der Waals surface area contributed by atoms with E-state index in [0.29, 0.717) is 24.5 Å². The predicted octanol–water partition coefficient (Wildman–Crippen LogP) is 3.14. The zero-order valence-corrected chi connectivity index (χ0v) is 15.1. The van der Waals surface area contributed by atoms with Gasteiger partial charge in [-0.15, -0.1) is 5.10 Å². The molecule has 0 fully saturated rings. The average molecular weight is 354 g/mol. The van der Waals surface area contributed by atoms with E-state index in [0.717, 1.165) is 29.1 Å². The molecule has 0 aliphatic carbocycles. The van der Waals surface area contributed by atoms with E-state index in [1.54, 1.807) is 11.0 Å². The Morgan fingerprint density at radius 1 is 1.15 bits per heavy atom. The minimum atomic E-state index is 0.0631. The highest BCUT2D eigenvalue weighted by Crippen LogP contribution is 2.34. The van der Waals surface area contributed by atoms with Crippen molar-refractivity contribution in [2.75, 3.05) is 18.5 Å². The van der Waals surface area contributed by atoms with Crippen LogP contribution < -0.4 is 14.8 Å². The lowest BCUT2D eigenvalue weighted by molar-refractivity contribution is 0.171. The fourth-order valence-electron chi connectivity index (χ4n) is 3.08. The van der Waals surface area contributed by atoms with Gasteiger partial charge >= 0.3 is 0 Å². The number of fused-ring (bicyclic) bond motifs is 2. The number of nitrogens with one attached hydrogen (secondary N) is 1. The minimum absolute atomic E-state index is 0.0631. The van der Waals surface area contributed by atoms with Crippen molar-refractivity contribution in [3.05, 3.63) is 30.1 Å². The molecule has 0 saturated carbocycles. The van der Waals surface area contributed by atoms with Crippen LogP contribution in [0, 0.1) is 0 Å². The van der Waals surface area contributed by atoms with Crippen LogP contribution in [-0.2, 0) is 0 Å². The Balaban J connectivity index is 1.66. The molecule has 0 radical (unpaired) electrons. The van der Waals surface area contributed by atoms with E-state index in [-0.39, 0.29) is 12.1 Å². The van der Waals surface area contributed by atoms with Crippen molar-refractivity contribution in [2.24, 2.45) is 0 Å². The van der Waals surface area contributed by atoms with Crippen LogP contribution in [0.3, 0.4) is 0 Å². The molecule has 8 nitrogen and oxygen atoms in total. The lowest BCUT2D eigenvalue weighted by Gasteiger charge is -2.22. The molecule has 26 heavy (non-hydrogen) atoms. The second-order valence-electron chi connectivity index (χ2n) is 6.53. The molecule has 1 atom stereocenters. The van der Waals surface area contributed by atoms with E-state index in [1.165, 1.54) is 0 Å². The monoisotopic (exact) mass is 354 g/mol. The number of hydrogen-bond acceptors (Lipinski definition) is 7. The van der Waals surface area contributed by atoms with Crippen LogP contribution in [0.2, 0.25) is 0 Å². The molecule has 1 aliphatic heterocycles. The summed E-state index contributed by atoms with van der Waals surface area (Å²) in [5, 5.41) is 12.0. The molecule has 2 aromatic heterocycles. The van der Waals surface area contributed by atoms with E-state index < -0.39 is 0 Å². The zero-order chi connectivity index (χ0) is 18.1. The van der Waals surface area contributed by atoms with Gasteiger partial charge in [-0.2, -0.15) is 0 Å². The van der Waals surface area contributed by atoms with Gasteiger partial charge in [0.15, 0.2) is 28.5 Å². The summed E-state index contributed by atoms with van der Waals surface area (Å²) in [6.45, 7) is 7.39. The largest absolute Gasteiger partial charge is 0.486 e. The van der Waals surface area contributed by atoms with E-state index in [9.17, 15) is 0 Å². The van der Waals surface area contributed by atoms with Gasteiger partial charge in [-0.1, -0.05) is 18.2 Å². The SMILES string of the molecule is CCC(Nc1ncnc2c1nnn2C(C)C)c1ccc2c(c1)OCCO2. The van der Waals surface area contributed by atoms with Crippen LogP contribution >= 0.6 is 0 Å². The fraction of sp³-hybridized carbons (Fsp3) is 0.444. The molecule has 1 unspecified atom stereocenters. The Bertz CT molecular complexity index is 923. The van der Waals surface area contributed by atoms with Gasteiger partial charge in [0.2, 0.25) is 0 Å². The summed E-state index contributed by atoms with van der Waals surface area (Å²) >= 11 is 0. The van der Waals surface area contributed by atoms with Crippen molar-refractivity contribution in [1.29, 1.82) is 0 Å². The lowest BCUT2D eigenvalue weighted by Crippen LogP contribution is -2.17. The average Bonchev–Trinajstić information content (AvgIpc) is 3.11. The van der Waals surface area contributed by atoms with Crippen molar-refractivity contribution >= 4 is 17.0 Å². The van der Waals surface area contributed by atoms with Crippen molar-refractivity contribution in [3.63, 3.8) is 0 Å². The summed E-state index contributed by atoms with van der Waals surface area (Å²) < 4.78 is 13.1. The summed E-state index contributed by atoms with van der Waals surface area (Å²) in [4.78, 5) is 8.72. The smallest absolute Gasteiger partial charge is 0.184 e. The Hall–Kier alpha value is -2.90. The van der Waals surface area contributed by atoms with Crippen LogP contribution in [0.5, 0.6) is 11.5 Å². The van der Waals surface area contributed by atoms with Crippen LogP contribution in [0.25, 0.3) is 11.2 Å². The molecule has 8 heteroatoms. The molecule has 4 rings (SSSR count). The number of rotatable bonds is 5. The Morgan fingerprint density at radius 2 is 1.96 bits per heavy atom. The minimum Gasteiger partial charge on any atom is -0.486 e. The standard InChI is InChI=1S/C18H22N6O2/c1-4-13(12-5-6-14-15(9-12)26-8-7-25-14)21-17-16-18(20-10-19-17)24(11(2)3)23-22-16/h5-6,9-11,13H,4,7-8H2,1-3H3,(H,19,20,21). The highest BCUT2D eigenvalue weighted by molar-refractivity contribution is 5.82. The number of anilines is 1. The number of aromatic nitrogens is 5. The highest BCUT2D eigenvalue weighted by Gasteiger charge is 2.19. The molecule has 1 aliphatic rings. The van der Waals surface area contributed by atoms with Gasteiger partial charge in [0.05, 0.1) is 12.1 Å². The fourth-order valence-corrected chi connectivity index (χ4v) is 3.08. The Kier molecular flexibility index (Phi) is 4.32. The molecule has 0 spiro atoms. The number of hydrogen-bond donors (Lipinski definition) is 1. The second kappa shape index (κ2) is 6.78. The van der Waals surface area contributed by atoms with Crippen molar-refractivity contribution in [2.45, 2.75) is 39.3 Å². The van der Waals surface area contributed by atoms with Gasteiger partial charge in [0, 0.05) is 0 Å². The van der Waals surface area contributed by atoms with Gasteiger partial charge in [-0.25, -0.2) is 14.6 Å². The number of nitrogens with zero attached hydrogens (tertiary/aromatic N) is 5.